The Kier molecular flexibility index (Phi) is 3.64. The van der Waals surface area contributed by atoms with Crippen molar-refractivity contribution >= 4 is 11.6 Å². The van der Waals surface area contributed by atoms with Gasteiger partial charge in [0, 0.05) is 43.2 Å². The lowest BCUT2D eigenvalue weighted by Gasteiger charge is -2.24. The summed E-state index contributed by atoms with van der Waals surface area (Å²) in [5, 5.41) is 4.04. The van der Waals surface area contributed by atoms with Crippen molar-refractivity contribution < 1.29 is 9.32 Å². The van der Waals surface area contributed by atoms with Crippen LogP contribution in [0.5, 0.6) is 0 Å². The van der Waals surface area contributed by atoms with Crippen LogP contribution in [-0.2, 0) is 11.3 Å². The fourth-order valence-electron chi connectivity index (χ4n) is 4.03. The smallest absolute Gasteiger partial charge is 0.227 e. The number of carbonyl (C=O) groups is 1. The first-order chi connectivity index (χ1) is 11.6. The molecule has 0 bridgehead atoms. The van der Waals surface area contributed by atoms with Crippen molar-refractivity contribution in [1.82, 2.24) is 15.0 Å². The van der Waals surface area contributed by atoms with E-state index in [0.29, 0.717) is 6.42 Å². The molecule has 0 aromatic carbocycles. The Hall–Kier alpha value is -2.21. The molecule has 2 fully saturated rings. The van der Waals surface area contributed by atoms with E-state index in [2.05, 4.69) is 15.0 Å². The predicted molar refractivity (Wildman–Crippen MR) is 89.5 cm³/mol. The van der Waals surface area contributed by atoms with E-state index < -0.39 is 0 Å². The summed E-state index contributed by atoms with van der Waals surface area (Å²) in [5.74, 6) is 1.11. The molecule has 2 aliphatic heterocycles. The van der Waals surface area contributed by atoms with Gasteiger partial charge in [-0.1, -0.05) is 5.16 Å². The fourth-order valence-corrected chi connectivity index (χ4v) is 4.03. The van der Waals surface area contributed by atoms with Crippen molar-refractivity contribution in [2.75, 3.05) is 24.5 Å². The molecule has 2 saturated heterocycles. The second-order valence-corrected chi connectivity index (χ2v) is 7.13. The zero-order valence-electron chi connectivity index (χ0n) is 14.2. The molecule has 24 heavy (non-hydrogen) atoms. The predicted octanol–water partition coefficient (Wildman–Crippen LogP) is 2.32. The van der Waals surface area contributed by atoms with Crippen LogP contribution in [0.4, 0.5) is 5.69 Å². The lowest BCUT2D eigenvalue weighted by atomic mass is 9.86. The number of pyridine rings is 1. The standard InChI is InChI=1S/C18H22N4O2/c1-13-16(14(2)24-20-13)10-21-7-5-18(11-21)8-17(23)22(12-18)15-4-3-6-19-9-15/h3-4,6,9H,5,7-8,10-12H2,1-2H3. The number of nitrogens with zero attached hydrogens (tertiary/aromatic N) is 4. The highest BCUT2D eigenvalue weighted by Crippen LogP contribution is 2.42. The highest BCUT2D eigenvalue weighted by Gasteiger charge is 2.47. The van der Waals surface area contributed by atoms with Crippen LogP contribution in [0.1, 0.15) is 29.9 Å². The number of hydrogen-bond donors (Lipinski definition) is 0. The van der Waals surface area contributed by atoms with Crippen LogP contribution in [-0.4, -0.2) is 40.6 Å². The number of anilines is 1. The van der Waals surface area contributed by atoms with Crippen molar-refractivity contribution in [3.05, 3.63) is 41.5 Å². The van der Waals surface area contributed by atoms with Crippen molar-refractivity contribution in [3.8, 4) is 0 Å². The molecule has 0 saturated carbocycles. The minimum atomic E-state index is 0.0614. The van der Waals surface area contributed by atoms with Gasteiger partial charge in [0.2, 0.25) is 5.91 Å². The Labute approximate surface area is 141 Å². The van der Waals surface area contributed by atoms with E-state index in [9.17, 15) is 4.79 Å². The minimum Gasteiger partial charge on any atom is -0.361 e. The average molecular weight is 326 g/mol. The molecule has 2 aromatic rings. The van der Waals surface area contributed by atoms with Gasteiger partial charge in [0.05, 0.1) is 17.6 Å². The third kappa shape index (κ3) is 2.60. The first-order valence-corrected chi connectivity index (χ1v) is 8.41. The number of likely N-dealkylation sites (tertiary alicyclic amines) is 1. The van der Waals surface area contributed by atoms with Gasteiger partial charge in [-0.05, 0) is 38.9 Å². The van der Waals surface area contributed by atoms with Gasteiger partial charge in [0.1, 0.15) is 5.76 Å². The largest absolute Gasteiger partial charge is 0.361 e. The van der Waals surface area contributed by atoms with Gasteiger partial charge in [0.25, 0.3) is 0 Å². The molecule has 4 heterocycles. The second-order valence-electron chi connectivity index (χ2n) is 7.13. The third-order valence-electron chi connectivity index (χ3n) is 5.36. The van der Waals surface area contributed by atoms with Crippen LogP contribution < -0.4 is 4.90 Å². The number of rotatable bonds is 3. The zero-order valence-corrected chi connectivity index (χ0v) is 14.2. The van der Waals surface area contributed by atoms with Crippen molar-refractivity contribution in [3.63, 3.8) is 0 Å². The molecule has 2 aromatic heterocycles. The summed E-state index contributed by atoms with van der Waals surface area (Å²) in [7, 11) is 0. The summed E-state index contributed by atoms with van der Waals surface area (Å²) in [4.78, 5) is 21.0. The Balaban J connectivity index is 1.47. The van der Waals surface area contributed by atoms with E-state index in [4.69, 9.17) is 4.52 Å². The lowest BCUT2D eigenvalue weighted by Crippen LogP contribution is -2.31. The van der Waals surface area contributed by atoms with E-state index in [1.807, 2.05) is 30.9 Å². The molecule has 0 radical (unpaired) electrons. The van der Waals surface area contributed by atoms with Gasteiger partial charge in [-0.15, -0.1) is 0 Å². The number of carbonyl (C=O) groups excluding carboxylic acids is 1. The first kappa shape index (κ1) is 15.3. The maximum atomic E-state index is 12.5. The van der Waals surface area contributed by atoms with E-state index in [-0.39, 0.29) is 11.3 Å². The van der Waals surface area contributed by atoms with E-state index >= 15 is 0 Å². The second kappa shape index (κ2) is 5.70. The van der Waals surface area contributed by atoms with Crippen LogP contribution in [0.3, 0.4) is 0 Å². The monoisotopic (exact) mass is 326 g/mol. The molecule has 1 unspecified atom stereocenters. The molecule has 6 nitrogen and oxygen atoms in total. The van der Waals surface area contributed by atoms with Gasteiger partial charge in [-0.3, -0.25) is 14.7 Å². The molecule has 6 heteroatoms. The summed E-state index contributed by atoms with van der Waals surface area (Å²) in [5.41, 5.74) is 3.11. The van der Waals surface area contributed by atoms with Gasteiger partial charge in [-0.2, -0.15) is 0 Å². The van der Waals surface area contributed by atoms with Crippen LogP contribution in [0.25, 0.3) is 0 Å². The minimum absolute atomic E-state index is 0.0614. The van der Waals surface area contributed by atoms with Crippen molar-refractivity contribution in [2.24, 2.45) is 5.41 Å². The topological polar surface area (TPSA) is 62.5 Å². The van der Waals surface area contributed by atoms with Crippen LogP contribution in [0, 0.1) is 19.3 Å². The summed E-state index contributed by atoms with van der Waals surface area (Å²) in [6, 6.07) is 3.84. The van der Waals surface area contributed by atoms with Gasteiger partial charge in [0.15, 0.2) is 0 Å². The molecule has 126 valence electrons. The highest BCUT2D eigenvalue weighted by molar-refractivity contribution is 5.96. The average Bonchev–Trinajstić information content (AvgIpc) is 3.22. The third-order valence-corrected chi connectivity index (χ3v) is 5.36. The Morgan fingerprint density at radius 1 is 1.33 bits per heavy atom. The molecule has 2 aliphatic rings. The van der Waals surface area contributed by atoms with Crippen LogP contribution in [0.15, 0.2) is 29.0 Å². The number of amides is 1. The molecule has 1 amide bonds. The Bertz CT molecular complexity index is 738. The zero-order chi connectivity index (χ0) is 16.7. The van der Waals surface area contributed by atoms with Gasteiger partial charge < -0.3 is 9.42 Å². The summed E-state index contributed by atoms with van der Waals surface area (Å²) < 4.78 is 5.27. The van der Waals surface area contributed by atoms with Crippen molar-refractivity contribution in [2.45, 2.75) is 33.2 Å². The van der Waals surface area contributed by atoms with Gasteiger partial charge in [-0.25, -0.2) is 0 Å². The molecular formula is C18H22N4O2. The summed E-state index contributed by atoms with van der Waals surface area (Å²) in [6.45, 7) is 7.54. The fraction of sp³-hybridized carbons (Fsp3) is 0.500. The molecule has 0 N–H and O–H groups in total. The highest BCUT2D eigenvalue weighted by atomic mass is 16.5. The maximum Gasteiger partial charge on any atom is 0.227 e. The lowest BCUT2D eigenvalue weighted by molar-refractivity contribution is -0.117. The Morgan fingerprint density at radius 2 is 2.21 bits per heavy atom. The first-order valence-electron chi connectivity index (χ1n) is 8.41. The molecular weight excluding hydrogens is 304 g/mol. The van der Waals surface area contributed by atoms with Crippen LogP contribution in [0.2, 0.25) is 0 Å². The summed E-state index contributed by atoms with van der Waals surface area (Å²) in [6.07, 6.45) is 5.19. The van der Waals surface area contributed by atoms with E-state index in [1.165, 1.54) is 5.56 Å². The number of aryl methyl sites for hydroxylation is 2. The maximum absolute atomic E-state index is 12.5. The van der Waals surface area contributed by atoms with Crippen molar-refractivity contribution in [1.29, 1.82) is 0 Å². The van der Waals surface area contributed by atoms with Crippen LogP contribution >= 0.6 is 0 Å². The van der Waals surface area contributed by atoms with Gasteiger partial charge >= 0.3 is 0 Å². The number of hydrogen-bond acceptors (Lipinski definition) is 5. The van der Waals surface area contributed by atoms with E-state index in [1.54, 1.807) is 12.4 Å². The quantitative estimate of drug-likeness (QED) is 0.866. The molecule has 4 rings (SSSR count). The number of aromatic nitrogens is 2. The molecule has 0 aliphatic carbocycles. The van der Waals surface area contributed by atoms with E-state index in [0.717, 1.165) is 49.7 Å². The normalized spacial score (nSPS) is 24.4. The Morgan fingerprint density at radius 3 is 2.92 bits per heavy atom. The SMILES string of the molecule is Cc1noc(C)c1CN1CCC2(CC(=O)N(c3cccnc3)C2)C1. The molecule has 1 atom stereocenters. The molecule has 1 spiro atoms. The summed E-state index contributed by atoms with van der Waals surface area (Å²) >= 11 is 0.